The van der Waals surface area contributed by atoms with Gasteiger partial charge in [-0.25, -0.2) is 0 Å². The van der Waals surface area contributed by atoms with Gasteiger partial charge in [-0.2, -0.15) is 0 Å². The van der Waals surface area contributed by atoms with E-state index in [4.69, 9.17) is 10.5 Å². The third-order valence-electron chi connectivity index (χ3n) is 2.33. The first-order valence-corrected chi connectivity index (χ1v) is 6.09. The molecular weight excluding hydrogens is 230 g/mol. The van der Waals surface area contributed by atoms with Crippen molar-refractivity contribution in [2.24, 2.45) is 11.7 Å². The summed E-state index contributed by atoms with van der Waals surface area (Å²) in [6, 6.07) is 3.63. The van der Waals surface area contributed by atoms with Crippen molar-refractivity contribution in [3.63, 3.8) is 0 Å². The molecule has 0 spiro atoms. The lowest BCUT2D eigenvalue weighted by Gasteiger charge is -2.11. The standard InChI is InChI=1S/C13H21N3O2/c1-9(2)7-15-13(17)8-18-12-5-4-10(3)16-11(12)6-14/h4-5,9H,6-8,14H2,1-3H3,(H,15,17). The van der Waals surface area contributed by atoms with Crippen LogP contribution in [0, 0.1) is 12.8 Å². The van der Waals surface area contributed by atoms with Crippen LogP contribution in [0.15, 0.2) is 12.1 Å². The molecule has 1 heterocycles. The van der Waals surface area contributed by atoms with E-state index < -0.39 is 0 Å². The van der Waals surface area contributed by atoms with Gasteiger partial charge in [0.15, 0.2) is 6.61 Å². The second-order valence-corrected chi connectivity index (χ2v) is 4.59. The van der Waals surface area contributed by atoms with Gasteiger partial charge in [0.1, 0.15) is 5.75 Å². The zero-order chi connectivity index (χ0) is 13.5. The molecule has 1 aromatic heterocycles. The van der Waals surface area contributed by atoms with Crippen molar-refractivity contribution in [1.29, 1.82) is 0 Å². The van der Waals surface area contributed by atoms with Gasteiger partial charge in [-0.1, -0.05) is 13.8 Å². The normalized spacial score (nSPS) is 10.5. The maximum absolute atomic E-state index is 11.5. The average Bonchev–Trinajstić information content (AvgIpc) is 2.34. The van der Waals surface area contributed by atoms with E-state index in [1.54, 1.807) is 6.07 Å². The molecule has 1 aromatic rings. The van der Waals surface area contributed by atoms with Gasteiger partial charge in [0.05, 0.1) is 5.69 Å². The Morgan fingerprint density at radius 3 is 2.83 bits per heavy atom. The molecule has 3 N–H and O–H groups in total. The average molecular weight is 251 g/mol. The van der Waals surface area contributed by atoms with Crippen LogP contribution < -0.4 is 15.8 Å². The molecule has 5 heteroatoms. The summed E-state index contributed by atoms with van der Waals surface area (Å²) in [5.74, 6) is 0.865. The van der Waals surface area contributed by atoms with E-state index in [1.807, 2.05) is 26.8 Å². The molecule has 18 heavy (non-hydrogen) atoms. The first-order valence-electron chi connectivity index (χ1n) is 6.09. The Kier molecular flexibility index (Phi) is 5.58. The van der Waals surface area contributed by atoms with Crippen LogP contribution >= 0.6 is 0 Å². The summed E-state index contributed by atoms with van der Waals surface area (Å²) in [6.07, 6.45) is 0. The predicted octanol–water partition coefficient (Wildman–Crippen LogP) is 1.000. The van der Waals surface area contributed by atoms with Gasteiger partial charge in [-0.15, -0.1) is 0 Å². The highest BCUT2D eigenvalue weighted by Crippen LogP contribution is 2.15. The number of ether oxygens (including phenoxy) is 1. The van der Waals surface area contributed by atoms with Crippen molar-refractivity contribution in [2.75, 3.05) is 13.2 Å². The summed E-state index contributed by atoms with van der Waals surface area (Å²) >= 11 is 0. The highest BCUT2D eigenvalue weighted by atomic mass is 16.5. The van der Waals surface area contributed by atoms with E-state index in [2.05, 4.69) is 10.3 Å². The van der Waals surface area contributed by atoms with E-state index in [0.717, 1.165) is 5.69 Å². The fourth-order valence-corrected chi connectivity index (χ4v) is 1.39. The number of carbonyl (C=O) groups is 1. The Balaban J connectivity index is 2.50. The van der Waals surface area contributed by atoms with Crippen LogP contribution in [0.1, 0.15) is 25.2 Å². The highest BCUT2D eigenvalue weighted by molar-refractivity contribution is 5.77. The predicted molar refractivity (Wildman–Crippen MR) is 70.2 cm³/mol. The van der Waals surface area contributed by atoms with Gasteiger partial charge in [-0.3, -0.25) is 9.78 Å². The number of nitrogens with zero attached hydrogens (tertiary/aromatic N) is 1. The summed E-state index contributed by atoms with van der Waals surface area (Å²) in [6.45, 7) is 6.90. The second-order valence-electron chi connectivity index (χ2n) is 4.59. The number of hydrogen-bond donors (Lipinski definition) is 2. The molecule has 100 valence electrons. The minimum Gasteiger partial charge on any atom is -0.482 e. The van der Waals surface area contributed by atoms with E-state index >= 15 is 0 Å². The first kappa shape index (κ1) is 14.4. The summed E-state index contributed by atoms with van der Waals surface area (Å²) < 4.78 is 5.42. The molecule has 1 rings (SSSR count). The summed E-state index contributed by atoms with van der Waals surface area (Å²) in [5.41, 5.74) is 7.14. The highest BCUT2D eigenvalue weighted by Gasteiger charge is 2.07. The molecule has 1 amide bonds. The molecule has 0 atom stereocenters. The number of aromatic nitrogens is 1. The Labute approximate surface area is 108 Å². The largest absolute Gasteiger partial charge is 0.482 e. The van der Waals surface area contributed by atoms with Crippen LogP contribution in [-0.4, -0.2) is 24.0 Å². The molecule has 0 saturated carbocycles. The van der Waals surface area contributed by atoms with Gasteiger partial charge >= 0.3 is 0 Å². The zero-order valence-electron chi connectivity index (χ0n) is 11.2. The molecule has 0 fully saturated rings. The van der Waals surface area contributed by atoms with Crippen LogP contribution in [0.3, 0.4) is 0 Å². The lowest BCUT2D eigenvalue weighted by molar-refractivity contribution is -0.123. The molecule has 0 aliphatic carbocycles. The Morgan fingerprint density at radius 1 is 1.50 bits per heavy atom. The third kappa shape index (κ3) is 4.71. The number of carbonyl (C=O) groups excluding carboxylic acids is 1. The summed E-state index contributed by atoms with van der Waals surface area (Å²) in [4.78, 5) is 15.8. The fourth-order valence-electron chi connectivity index (χ4n) is 1.39. The van der Waals surface area contributed by atoms with Crippen molar-refractivity contribution in [2.45, 2.75) is 27.3 Å². The van der Waals surface area contributed by atoms with Crippen molar-refractivity contribution < 1.29 is 9.53 Å². The molecule has 5 nitrogen and oxygen atoms in total. The maximum atomic E-state index is 11.5. The quantitative estimate of drug-likeness (QED) is 0.790. The minimum absolute atomic E-state index is 0.00946. The summed E-state index contributed by atoms with van der Waals surface area (Å²) in [5, 5.41) is 2.79. The van der Waals surface area contributed by atoms with E-state index in [0.29, 0.717) is 30.5 Å². The topological polar surface area (TPSA) is 77.2 Å². The Bertz CT molecular complexity index is 405. The lowest BCUT2D eigenvalue weighted by Crippen LogP contribution is -2.31. The van der Waals surface area contributed by atoms with Crippen LogP contribution in [0.2, 0.25) is 0 Å². The number of pyridine rings is 1. The Hall–Kier alpha value is -1.62. The van der Waals surface area contributed by atoms with Crippen molar-refractivity contribution >= 4 is 5.91 Å². The third-order valence-corrected chi connectivity index (χ3v) is 2.33. The SMILES string of the molecule is Cc1ccc(OCC(=O)NCC(C)C)c(CN)n1. The van der Waals surface area contributed by atoms with Crippen LogP contribution in [0.25, 0.3) is 0 Å². The summed E-state index contributed by atoms with van der Waals surface area (Å²) in [7, 11) is 0. The molecule has 0 bridgehead atoms. The van der Waals surface area contributed by atoms with Gasteiger partial charge < -0.3 is 15.8 Å². The molecule has 0 aliphatic heterocycles. The lowest BCUT2D eigenvalue weighted by atomic mass is 10.2. The Morgan fingerprint density at radius 2 is 2.22 bits per heavy atom. The van der Waals surface area contributed by atoms with Gasteiger partial charge in [0.2, 0.25) is 0 Å². The van der Waals surface area contributed by atoms with Crippen LogP contribution in [0.5, 0.6) is 5.75 Å². The van der Waals surface area contributed by atoms with Crippen LogP contribution in [0.4, 0.5) is 0 Å². The number of hydrogen-bond acceptors (Lipinski definition) is 4. The molecule has 0 aromatic carbocycles. The van der Waals surface area contributed by atoms with E-state index in [-0.39, 0.29) is 12.5 Å². The monoisotopic (exact) mass is 251 g/mol. The van der Waals surface area contributed by atoms with Gasteiger partial charge in [-0.05, 0) is 25.0 Å². The number of nitrogens with two attached hydrogens (primary N) is 1. The van der Waals surface area contributed by atoms with Crippen molar-refractivity contribution in [1.82, 2.24) is 10.3 Å². The molecule has 0 saturated heterocycles. The molecule has 0 unspecified atom stereocenters. The first-order chi connectivity index (χ1) is 8.52. The molecule has 0 radical (unpaired) electrons. The number of amides is 1. The molecule has 0 aliphatic rings. The smallest absolute Gasteiger partial charge is 0.257 e. The fraction of sp³-hybridized carbons (Fsp3) is 0.538. The van der Waals surface area contributed by atoms with Crippen molar-refractivity contribution in [3.05, 3.63) is 23.5 Å². The zero-order valence-corrected chi connectivity index (χ0v) is 11.2. The number of rotatable bonds is 6. The molecular formula is C13H21N3O2. The van der Waals surface area contributed by atoms with Crippen molar-refractivity contribution in [3.8, 4) is 5.75 Å². The second kappa shape index (κ2) is 6.96. The van der Waals surface area contributed by atoms with Gasteiger partial charge in [0, 0.05) is 18.8 Å². The van der Waals surface area contributed by atoms with E-state index in [1.165, 1.54) is 0 Å². The number of nitrogens with one attached hydrogen (secondary N) is 1. The minimum atomic E-state index is -0.132. The van der Waals surface area contributed by atoms with E-state index in [9.17, 15) is 4.79 Å². The van der Waals surface area contributed by atoms with Gasteiger partial charge in [0.25, 0.3) is 5.91 Å². The van der Waals surface area contributed by atoms with Crippen LogP contribution in [-0.2, 0) is 11.3 Å². The maximum Gasteiger partial charge on any atom is 0.257 e. The number of aryl methyl sites for hydroxylation is 1.